The summed E-state index contributed by atoms with van der Waals surface area (Å²) in [6.07, 6.45) is -0.580. The van der Waals surface area contributed by atoms with Crippen molar-refractivity contribution >= 4 is 9.84 Å². The molecule has 1 aliphatic heterocycles. The van der Waals surface area contributed by atoms with Crippen LogP contribution in [0.1, 0.15) is 36.7 Å². The maximum Gasteiger partial charge on any atom is 0.212 e. The summed E-state index contributed by atoms with van der Waals surface area (Å²) in [5.41, 5.74) is 0.654. The first-order valence-electron chi connectivity index (χ1n) is 12.1. The second-order valence-corrected chi connectivity index (χ2v) is 11.3. The Labute approximate surface area is 219 Å². The van der Waals surface area contributed by atoms with E-state index in [1.54, 1.807) is 52.6 Å². The van der Waals surface area contributed by atoms with Crippen LogP contribution in [0, 0.1) is 6.92 Å². The molecule has 0 unspecified atom stereocenters. The number of hydrogen-bond donors (Lipinski definition) is 1. The van der Waals surface area contributed by atoms with E-state index < -0.39 is 26.9 Å². The van der Waals surface area contributed by atoms with Crippen LogP contribution < -0.4 is 14.2 Å². The van der Waals surface area contributed by atoms with Crippen LogP contribution >= 0.6 is 0 Å². The minimum atomic E-state index is -3.97. The molecule has 2 atom stereocenters. The smallest absolute Gasteiger partial charge is 0.212 e. The van der Waals surface area contributed by atoms with Crippen LogP contribution in [0.2, 0.25) is 0 Å². The summed E-state index contributed by atoms with van der Waals surface area (Å²) in [6, 6.07) is 10.3. The molecule has 0 saturated heterocycles. The molecule has 3 aromatic heterocycles. The van der Waals surface area contributed by atoms with E-state index in [1.165, 1.54) is 21.1 Å². The number of aliphatic hydroxyl groups is 1. The number of hydrogen-bond acceptors (Lipinski definition) is 10. The second kappa shape index (κ2) is 10.1. The van der Waals surface area contributed by atoms with Crippen molar-refractivity contribution in [2.75, 3.05) is 20.8 Å². The molecule has 0 saturated carbocycles. The Hall–Kier alpha value is -3.84. The third-order valence-corrected chi connectivity index (χ3v) is 8.54. The predicted octanol–water partition coefficient (Wildman–Crippen LogP) is 2.87. The number of para-hydroxylation sites is 1. The molecule has 0 spiro atoms. The van der Waals surface area contributed by atoms with Crippen molar-refractivity contribution in [1.82, 2.24) is 24.5 Å². The molecule has 1 N–H and O–H groups in total. The third kappa shape index (κ3) is 4.63. The SMILES string of the molecule is COc1cccc(OC)c1-n1c(CS(=O)(=O)[C@@H](C)[C@H](O)c2cc3n(n2)CCCO3)nnc1-c1ccc(C)o1. The fraction of sp³-hybridized carbons (Fsp3) is 0.400. The summed E-state index contributed by atoms with van der Waals surface area (Å²) < 4.78 is 52.9. The predicted molar refractivity (Wildman–Crippen MR) is 136 cm³/mol. The second-order valence-electron chi connectivity index (χ2n) is 8.99. The zero-order valence-electron chi connectivity index (χ0n) is 21.5. The highest BCUT2D eigenvalue weighted by molar-refractivity contribution is 7.91. The van der Waals surface area contributed by atoms with E-state index >= 15 is 0 Å². The number of aryl methyl sites for hydroxylation is 2. The Balaban J connectivity index is 1.55. The fourth-order valence-electron chi connectivity index (χ4n) is 4.39. The Bertz CT molecular complexity index is 1510. The molecule has 0 amide bonds. The number of ether oxygens (including phenoxy) is 3. The van der Waals surface area contributed by atoms with E-state index in [-0.39, 0.29) is 17.3 Å². The van der Waals surface area contributed by atoms with Crippen molar-refractivity contribution < 1.29 is 32.2 Å². The maximum absolute atomic E-state index is 13.6. The van der Waals surface area contributed by atoms with Gasteiger partial charge in [-0.05, 0) is 38.1 Å². The number of benzene rings is 1. The van der Waals surface area contributed by atoms with Crippen molar-refractivity contribution in [3.63, 3.8) is 0 Å². The van der Waals surface area contributed by atoms with E-state index in [0.717, 1.165) is 6.42 Å². The summed E-state index contributed by atoms with van der Waals surface area (Å²) in [6.45, 7) is 4.43. The van der Waals surface area contributed by atoms with Gasteiger partial charge in [0.25, 0.3) is 0 Å². The van der Waals surface area contributed by atoms with Gasteiger partial charge in [-0.3, -0.25) is 4.57 Å². The number of rotatable bonds is 9. The van der Waals surface area contributed by atoms with E-state index in [1.807, 2.05) is 0 Å². The van der Waals surface area contributed by atoms with Crippen LogP contribution in [0.5, 0.6) is 17.4 Å². The Morgan fingerprint density at radius 1 is 1.13 bits per heavy atom. The molecule has 1 aromatic carbocycles. The fourth-order valence-corrected chi connectivity index (χ4v) is 5.73. The third-order valence-electron chi connectivity index (χ3n) is 6.49. The lowest BCUT2D eigenvalue weighted by Crippen LogP contribution is -2.28. The highest BCUT2D eigenvalue weighted by Gasteiger charge is 2.35. The summed E-state index contributed by atoms with van der Waals surface area (Å²) >= 11 is 0. The van der Waals surface area contributed by atoms with Gasteiger partial charge in [-0.25, -0.2) is 13.1 Å². The highest BCUT2D eigenvalue weighted by atomic mass is 32.2. The van der Waals surface area contributed by atoms with Crippen LogP contribution in [0.4, 0.5) is 0 Å². The molecule has 0 radical (unpaired) electrons. The average molecular weight is 544 g/mol. The van der Waals surface area contributed by atoms with Crippen molar-refractivity contribution in [3.8, 4) is 34.7 Å². The monoisotopic (exact) mass is 543 g/mol. The van der Waals surface area contributed by atoms with Gasteiger partial charge in [-0.15, -0.1) is 10.2 Å². The Kier molecular flexibility index (Phi) is 6.88. The summed E-state index contributed by atoms with van der Waals surface area (Å²) in [7, 11) is -0.966. The minimum absolute atomic E-state index is 0.100. The van der Waals surface area contributed by atoms with Gasteiger partial charge in [0.05, 0.1) is 31.8 Å². The lowest BCUT2D eigenvalue weighted by Gasteiger charge is -2.19. The standard InChI is InChI=1S/C25H29N5O7S/c1-15-9-10-20(37-15)25-27-26-21(30(25)23-18(34-3)7-5-8-19(23)35-4)14-38(32,33)16(2)24(31)17-13-22-29(28-17)11-6-12-36-22/h5,7-10,13,16,24,31H,6,11-12,14H2,1-4H3/t16-,24-/m0/s1. The van der Waals surface area contributed by atoms with E-state index in [4.69, 9.17) is 18.6 Å². The Morgan fingerprint density at radius 3 is 2.50 bits per heavy atom. The number of sulfone groups is 1. The number of methoxy groups -OCH3 is 2. The van der Waals surface area contributed by atoms with Gasteiger partial charge in [-0.1, -0.05) is 6.07 Å². The van der Waals surface area contributed by atoms with Gasteiger partial charge < -0.3 is 23.7 Å². The highest BCUT2D eigenvalue weighted by Crippen LogP contribution is 2.37. The van der Waals surface area contributed by atoms with E-state index in [9.17, 15) is 13.5 Å². The molecule has 0 bridgehead atoms. The molecule has 12 nitrogen and oxygen atoms in total. The molecule has 5 rings (SSSR count). The molecule has 13 heteroatoms. The van der Waals surface area contributed by atoms with E-state index in [2.05, 4.69) is 15.3 Å². The minimum Gasteiger partial charge on any atom is -0.494 e. The molecule has 202 valence electrons. The van der Waals surface area contributed by atoms with Gasteiger partial charge in [0.1, 0.15) is 34.8 Å². The zero-order chi connectivity index (χ0) is 27.0. The van der Waals surface area contributed by atoms with Crippen molar-refractivity contribution in [2.45, 2.75) is 43.9 Å². The molecule has 4 heterocycles. The zero-order valence-corrected chi connectivity index (χ0v) is 22.3. The van der Waals surface area contributed by atoms with Crippen LogP contribution in [-0.2, 0) is 22.1 Å². The quantitative estimate of drug-likeness (QED) is 0.335. The van der Waals surface area contributed by atoms with Gasteiger partial charge in [0, 0.05) is 19.0 Å². The number of nitrogens with zero attached hydrogens (tertiary/aromatic N) is 5. The molecule has 0 aliphatic carbocycles. The van der Waals surface area contributed by atoms with Gasteiger partial charge >= 0.3 is 0 Å². The molecule has 38 heavy (non-hydrogen) atoms. The van der Waals surface area contributed by atoms with Crippen LogP contribution in [0.25, 0.3) is 17.3 Å². The first kappa shape index (κ1) is 25.8. The molecule has 1 aliphatic rings. The molecular weight excluding hydrogens is 514 g/mol. The van der Waals surface area contributed by atoms with Crippen LogP contribution in [0.15, 0.2) is 40.8 Å². The summed E-state index contributed by atoms with van der Waals surface area (Å²) in [4.78, 5) is 0. The van der Waals surface area contributed by atoms with Gasteiger partial charge in [-0.2, -0.15) is 5.10 Å². The van der Waals surface area contributed by atoms with Gasteiger partial charge in [0.15, 0.2) is 21.4 Å². The number of aromatic nitrogens is 5. The maximum atomic E-state index is 13.6. The van der Waals surface area contributed by atoms with Crippen molar-refractivity contribution in [2.24, 2.45) is 0 Å². The molecule has 4 aromatic rings. The van der Waals surface area contributed by atoms with Crippen LogP contribution in [-0.4, -0.2) is 64.1 Å². The van der Waals surface area contributed by atoms with Gasteiger partial charge in [0.2, 0.25) is 11.7 Å². The average Bonchev–Trinajstić information content (AvgIpc) is 3.65. The summed E-state index contributed by atoms with van der Waals surface area (Å²) in [5, 5.41) is 22.6. The molecular formula is C25H29N5O7S. The largest absolute Gasteiger partial charge is 0.494 e. The Morgan fingerprint density at radius 2 is 1.87 bits per heavy atom. The molecule has 0 fully saturated rings. The number of fused-ring (bicyclic) bond motifs is 1. The summed E-state index contributed by atoms with van der Waals surface area (Å²) in [5.74, 6) is 2.25. The lowest BCUT2D eigenvalue weighted by molar-refractivity contribution is 0.169. The van der Waals surface area contributed by atoms with Crippen molar-refractivity contribution in [1.29, 1.82) is 0 Å². The van der Waals surface area contributed by atoms with Crippen molar-refractivity contribution in [3.05, 3.63) is 53.7 Å². The number of aliphatic hydroxyl groups excluding tert-OH is 1. The van der Waals surface area contributed by atoms with Crippen LogP contribution in [0.3, 0.4) is 0 Å². The lowest BCUT2D eigenvalue weighted by atomic mass is 10.2. The topological polar surface area (TPSA) is 144 Å². The first-order chi connectivity index (χ1) is 18.2. The number of furan rings is 1. The normalized spacial score (nSPS) is 15.0. The van der Waals surface area contributed by atoms with E-state index in [0.29, 0.717) is 47.7 Å². The first-order valence-corrected chi connectivity index (χ1v) is 13.8.